The molecule has 0 saturated carbocycles. The number of hydrogen-bond donors (Lipinski definition) is 2. The summed E-state index contributed by atoms with van der Waals surface area (Å²) in [5.41, 5.74) is -0.140. The highest BCUT2D eigenvalue weighted by Crippen LogP contribution is 2.33. The molecule has 0 saturated heterocycles. The normalized spacial score (nSPS) is 11.1. The highest BCUT2D eigenvalue weighted by Gasteiger charge is 2.31. The van der Waals surface area contributed by atoms with Crippen molar-refractivity contribution in [3.8, 4) is 5.69 Å². The summed E-state index contributed by atoms with van der Waals surface area (Å²) in [5.74, 6) is -0.249. The van der Waals surface area contributed by atoms with Crippen LogP contribution in [0.2, 0.25) is 0 Å². The van der Waals surface area contributed by atoms with Crippen LogP contribution in [0.1, 0.15) is 31.2 Å². The Morgan fingerprint density at radius 2 is 2.07 bits per heavy atom. The molecule has 0 aliphatic heterocycles. The number of alkyl halides is 3. The number of nitrogens with one attached hydrogen (secondary N) is 2. The Morgan fingerprint density at radius 1 is 1.29 bits per heavy atom. The first-order valence-electron chi connectivity index (χ1n) is 8.64. The highest BCUT2D eigenvalue weighted by atomic mass is 32.1. The number of carbonyl (C=O) groups is 1. The lowest BCUT2D eigenvalue weighted by Gasteiger charge is -2.16. The second kappa shape index (κ2) is 10.1. The van der Waals surface area contributed by atoms with Crippen molar-refractivity contribution in [2.45, 2.75) is 31.9 Å². The van der Waals surface area contributed by atoms with Gasteiger partial charge < -0.3 is 15.4 Å². The molecule has 2 N–H and O–H groups in total. The molecule has 0 aliphatic rings. The zero-order valence-electron chi connectivity index (χ0n) is 15.3. The number of benzene rings is 1. The molecule has 1 aromatic carbocycles. The van der Waals surface area contributed by atoms with Crippen LogP contribution < -0.4 is 10.6 Å². The summed E-state index contributed by atoms with van der Waals surface area (Å²) in [7, 11) is 1.35. The van der Waals surface area contributed by atoms with Crippen LogP contribution in [0.4, 0.5) is 18.9 Å². The lowest BCUT2D eigenvalue weighted by molar-refractivity contribution is -0.140. The first-order valence-corrected chi connectivity index (χ1v) is 9.05. The van der Waals surface area contributed by atoms with Gasteiger partial charge in [0.25, 0.3) is 0 Å². The van der Waals surface area contributed by atoms with Crippen molar-refractivity contribution in [1.82, 2.24) is 15.1 Å². The summed E-state index contributed by atoms with van der Waals surface area (Å²) in [5, 5.41) is 10.0. The number of aromatic nitrogens is 2. The molecule has 0 amide bonds. The third kappa shape index (κ3) is 6.52. The van der Waals surface area contributed by atoms with E-state index in [1.165, 1.54) is 24.1 Å². The van der Waals surface area contributed by atoms with E-state index in [2.05, 4.69) is 20.5 Å². The molecular weight excluding hydrogens is 393 g/mol. The number of halogens is 3. The van der Waals surface area contributed by atoms with E-state index < -0.39 is 11.7 Å². The summed E-state index contributed by atoms with van der Waals surface area (Å²) in [4.78, 5) is 11.0. The van der Waals surface area contributed by atoms with E-state index in [4.69, 9.17) is 12.2 Å². The fourth-order valence-corrected chi connectivity index (χ4v) is 2.68. The van der Waals surface area contributed by atoms with Gasteiger partial charge in [-0.15, -0.1) is 0 Å². The molecule has 0 aliphatic carbocycles. The summed E-state index contributed by atoms with van der Waals surface area (Å²) in [6.07, 6.45) is 1.31. The maximum Gasteiger partial charge on any atom is 0.416 e. The molecule has 0 spiro atoms. The quantitative estimate of drug-likeness (QED) is 0.388. The van der Waals surface area contributed by atoms with Crippen molar-refractivity contribution in [2.75, 3.05) is 19.0 Å². The van der Waals surface area contributed by atoms with Crippen molar-refractivity contribution >= 4 is 29.0 Å². The minimum Gasteiger partial charge on any atom is -0.469 e. The number of nitrogens with zero attached hydrogens (tertiary/aromatic N) is 2. The minimum absolute atomic E-state index is 0.196. The van der Waals surface area contributed by atoms with Gasteiger partial charge in [-0.3, -0.25) is 4.79 Å². The van der Waals surface area contributed by atoms with Gasteiger partial charge in [-0.05, 0) is 49.3 Å². The molecule has 0 bridgehead atoms. The average molecular weight is 414 g/mol. The number of esters is 1. The summed E-state index contributed by atoms with van der Waals surface area (Å²) >= 11 is 5.19. The Hall–Kier alpha value is -2.62. The molecule has 10 heteroatoms. The van der Waals surface area contributed by atoms with E-state index in [1.807, 2.05) is 0 Å². The van der Waals surface area contributed by atoms with E-state index in [9.17, 15) is 18.0 Å². The Morgan fingerprint density at radius 3 is 2.71 bits per heavy atom. The molecule has 28 heavy (non-hydrogen) atoms. The zero-order valence-corrected chi connectivity index (χ0v) is 16.1. The lowest BCUT2D eigenvalue weighted by Crippen LogP contribution is -2.30. The third-order valence-corrected chi connectivity index (χ3v) is 4.14. The standard InChI is InChI=1S/C18H21F3N4O2S/c1-27-16(26)6-3-2-4-9-22-17(28)24-14-12-13(18(19,20)21)7-8-15(14)25-11-5-10-23-25/h5,7-8,10-12H,2-4,6,9H2,1H3,(H2,22,24,28). The molecule has 0 radical (unpaired) electrons. The van der Waals surface area contributed by atoms with Crippen molar-refractivity contribution in [1.29, 1.82) is 0 Å². The van der Waals surface area contributed by atoms with E-state index in [0.717, 1.165) is 25.0 Å². The fourth-order valence-electron chi connectivity index (χ4n) is 2.47. The van der Waals surface area contributed by atoms with Crippen molar-refractivity contribution in [3.05, 3.63) is 42.2 Å². The molecule has 152 valence electrons. The largest absolute Gasteiger partial charge is 0.469 e. The molecule has 1 heterocycles. The first-order chi connectivity index (χ1) is 13.3. The second-order valence-electron chi connectivity index (χ2n) is 5.95. The number of hydrogen-bond acceptors (Lipinski definition) is 4. The number of methoxy groups -OCH3 is 1. The Bertz CT molecular complexity index is 795. The lowest BCUT2D eigenvalue weighted by atomic mass is 10.1. The Balaban J connectivity index is 1.95. The molecule has 2 aromatic rings. The smallest absolute Gasteiger partial charge is 0.416 e. The van der Waals surface area contributed by atoms with Gasteiger partial charge in [-0.25, -0.2) is 4.68 Å². The van der Waals surface area contributed by atoms with Crippen molar-refractivity contribution in [3.63, 3.8) is 0 Å². The maximum atomic E-state index is 13.1. The molecule has 1 aromatic heterocycles. The molecule has 0 fully saturated rings. The van der Waals surface area contributed by atoms with Crippen LogP contribution in [0.15, 0.2) is 36.7 Å². The van der Waals surface area contributed by atoms with Gasteiger partial charge in [-0.1, -0.05) is 6.42 Å². The van der Waals surface area contributed by atoms with Crippen LogP contribution in [-0.4, -0.2) is 34.5 Å². The fraction of sp³-hybridized carbons (Fsp3) is 0.389. The maximum absolute atomic E-state index is 13.1. The van der Waals surface area contributed by atoms with Crippen molar-refractivity contribution in [2.24, 2.45) is 0 Å². The predicted octanol–water partition coefficient (Wildman–Crippen LogP) is 3.91. The molecule has 6 nitrogen and oxygen atoms in total. The summed E-state index contributed by atoms with van der Waals surface area (Å²) in [6, 6.07) is 5.02. The molecule has 0 atom stereocenters. The Kier molecular flexibility index (Phi) is 7.80. The van der Waals surface area contributed by atoms with E-state index in [-0.39, 0.29) is 16.8 Å². The summed E-state index contributed by atoms with van der Waals surface area (Å²) in [6.45, 7) is 0.531. The Labute approximate surface area is 166 Å². The predicted molar refractivity (Wildman–Crippen MR) is 103 cm³/mol. The first kappa shape index (κ1) is 21.7. The van der Waals surface area contributed by atoms with Crippen LogP contribution in [0, 0.1) is 0 Å². The van der Waals surface area contributed by atoms with E-state index in [0.29, 0.717) is 25.1 Å². The topological polar surface area (TPSA) is 68.2 Å². The van der Waals surface area contributed by atoms with Gasteiger partial charge in [0.2, 0.25) is 0 Å². The average Bonchev–Trinajstić information content (AvgIpc) is 3.18. The van der Waals surface area contributed by atoms with Gasteiger partial charge in [0.05, 0.1) is 24.0 Å². The number of carbonyl (C=O) groups excluding carboxylic acids is 1. The molecular formula is C18H21F3N4O2S. The van der Waals surface area contributed by atoms with E-state index >= 15 is 0 Å². The monoisotopic (exact) mass is 414 g/mol. The zero-order chi connectivity index (χ0) is 20.6. The van der Waals surface area contributed by atoms with E-state index in [1.54, 1.807) is 12.3 Å². The summed E-state index contributed by atoms with van der Waals surface area (Å²) < 4.78 is 45.2. The van der Waals surface area contributed by atoms with Gasteiger partial charge >= 0.3 is 12.1 Å². The van der Waals surface area contributed by atoms with Crippen LogP contribution in [0.25, 0.3) is 5.69 Å². The third-order valence-electron chi connectivity index (χ3n) is 3.89. The number of ether oxygens (including phenoxy) is 1. The minimum atomic E-state index is -4.46. The molecule has 0 unspecified atom stereocenters. The van der Waals surface area contributed by atoms with Crippen LogP contribution in [-0.2, 0) is 15.7 Å². The van der Waals surface area contributed by atoms with Gasteiger partial charge in [-0.2, -0.15) is 18.3 Å². The van der Waals surface area contributed by atoms with Gasteiger partial charge in [0.1, 0.15) is 0 Å². The van der Waals surface area contributed by atoms with Crippen LogP contribution >= 0.6 is 12.2 Å². The number of rotatable bonds is 8. The highest BCUT2D eigenvalue weighted by molar-refractivity contribution is 7.80. The van der Waals surface area contributed by atoms with Crippen LogP contribution in [0.3, 0.4) is 0 Å². The molecule has 2 rings (SSSR count). The van der Waals surface area contributed by atoms with Crippen LogP contribution in [0.5, 0.6) is 0 Å². The number of anilines is 1. The SMILES string of the molecule is COC(=O)CCCCCNC(=S)Nc1cc(C(F)(F)F)ccc1-n1cccn1. The van der Waals surface area contributed by atoms with Crippen molar-refractivity contribution < 1.29 is 22.7 Å². The second-order valence-corrected chi connectivity index (χ2v) is 6.36. The number of unbranched alkanes of at least 4 members (excludes halogenated alkanes) is 2. The number of thiocarbonyl (C=S) groups is 1. The van der Waals surface area contributed by atoms with Gasteiger partial charge in [0, 0.05) is 25.4 Å². The van der Waals surface area contributed by atoms with Gasteiger partial charge in [0.15, 0.2) is 5.11 Å².